The maximum atomic E-state index is 5.78. The summed E-state index contributed by atoms with van der Waals surface area (Å²) < 4.78 is 0. The van der Waals surface area contributed by atoms with Gasteiger partial charge in [0.1, 0.15) is 16.1 Å². The highest BCUT2D eigenvalue weighted by Gasteiger charge is 2.07. The molecule has 60 valence electrons. The standard InChI is InChI=1S/C6H6Cl2N2S/c1-3-9-5(7)4(11-2)6(8)10-3/h1-2H3. The third-order valence-corrected chi connectivity index (χ3v) is 2.66. The summed E-state index contributed by atoms with van der Waals surface area (Å²) in [6.45, 7) is 1.75. The number of nitrogens with zero attached hydrogens (tertiary/aromatic N) is 2. The van der Waals surface area contributed by atoms with E-state index in [0.717, 1.165) is 4.90 Å². The van der Waals surface area contributed by atoms with Crippen molar-refractivity contribution in [2.45, 2.75) is 11.8 Å². The molecule has 0 aliphatic rings. The van der Waals surface area contributed by atoms with E-state index in [2.05, 4.69) is 9.97 Å². The number of aryl methyl sites for hydroxylation is 1. The Morgan fingerprint density at radius 1 is 1.18 bits per heavy atom. The SMILES string of the molecule is CSc1c(Cl)nc(C)nc1Cl. The molecule has 0 saturated carbocycles. The molecule has 0 N–H and O–H groups in total. The molecule has 0 spiro atoms. The summed E-state index contributed by atoms with van der Waals surface area (Å²) >= 11 is 13.0. The van der Waals surface area contributed by atoms with E-state index >= 15 is 0 Å². The molecular weight excluding hydrogens is 203 g/mol. The molecule has 0 aromatic carbocycles. The maximum absolute atomic E-state index is 5.78. The first-order chi connectivity index (χ1) is 5.15. The highest BCUT2D eigenvalue weighted by molar-refractivity contribution is 7.98. The second kappa shape index (κ2) is 3.61. The lowest BCUT2D eigenvalue weighted by Gasteiger charge is -2.01. The lowest BCUT2D eigenvalue weighted by Crippen LogP contribution is -1.91. The fourth-order valence-electron chi connectivity index (χ4n) is 0.664. The first-order valence-electron chi connectivity index (χ1n) is 2.88. The van der Waals surface area contributed by atoms with Gasteiger partial charge < -0.3 is 0 Å². The van der Waals surface area contributed by atoms with Crippen molar-refractivity contribution >= 4 is 35.0 Å². The first-order valence-corrected chi connectivity index (χ1v) is 4.87. The molecule has 0 saturated heterocycles. The van der Waals surface area contributed by atoms with Crippen molar-refractivity contribution in [3.63, 3.8) is 0 Å². The van der Waals surface area contributed by atoms with Gasteiger partial charge in [0.15, 0.2) is 0 Å². The van der Waals surface area contributed by atoms with Crippen molar-refractivity contribution in [1.82, 2.24) is 9.97 Å². The van der Waals surface area contributed by atoms with Crippen molar-refractivity contribution in [2.75, 3.05) is 6.26 Å². The number of hydrogen-bond acceptors (Lipinski definition) is 3. The van der Waals surface area contributed by atoms with Crippen LogP contribution in [0.1, 0.15) is 5.82 Å². The zero-order valence-electron chi connectivity index (χ0n) is 6.06. The number of thioether (sulfide) groups is 1. The third kappa shape index (κ3) is 1.98. The van der Waals surface area contributed by atoms with E-state index in [1.54, 1.807) is 6.92 Å². The molecule has 11 heavy (non-hydrogen) atoms. The lowest BCUT2D eigenvalue weighted by atomic mass is 10.6. The zero-order valence-corrected chi connectivity index (χ0v) is 8.39. The van der Waals surface area contributed by atoms with E-state index in [4.69, 9.17) is 23.2 Å². The molecule has 0 bridgehead atoms. The molecule has 0 amide bonds. The summed E-state index contributed by atoms with van der Waals surface area (Å²) in [4.78, 5) is 8.64. The van der Waals surface area contributed by atoms with Gasteiger partial charge in [0, 0.05) is 0 Å². The van der Waals surface area contributed by atoms with Crippen LogP contribution >= 0.6 is 35.0 Å². The van der Waals surface area contributed by atoms with E-state index in [1.165, 1.54) is 11.8 Å². The van der Waals surface area contributed by atoms with Gasteiger partial charge >= 0.3 is 0 Å². The summed E-state index contributed by atoms with van der Waals surface area (Å²) in [7, 11) is 0. The van der Waals surface area contributed by atoms with Crippen LogP contribution in [0.4, 0.5) is 0 Å². The Hall–Kier alpha value is 0.01000. The Kier molecular flexibility index (Phi) is 2.98. The Morgan fingerprint density at radius 3 is 2.00 bits per heavy atom. The van der Waals surface area contributed by atoms with Crippen LogP contribution in [0, 0.1) is 6.92 Å². The quantitative estimate of drug-likeness (QED) is 0.525. The average Bonchev–Trinajstić information content (AvgIpc) is 1.85. The topological polar surface area (TPSA) is 25.8 Å². The number of aromatic nitrogens is 2. The molecule has 0 aliphatic heterocycles. The van der Waals surface area contributed by atoms with E-state index in [1.807, 2.05) is 6.26 Å². The van der Waals surface area contributed by atoms with Crippen LogP contribution < -0.4 is 0 Å². The predicted octanol–water partition coefficient (Wildman–Crippen LogP) is 2.81. The van der Waals surface area contributed by atoms with Crippen molar-refractivity contribution in [2.24, 2.45) is 0 Å². The molecule has 0 unspecified atom stereocenters. The molecule has 1 heterocycles. The molecule has 1 aromatic heterocycles. The smallest absolute Gasteiger partial charge is 0.147 e. The molecule has 0 fully saturated rings. The molecule has 2 nitrogen and oxygen atoms in total. The van der Waals surface area contributed by atoms with E-state index in [0.29, 0.717) is 16.1 Å². The Balaban J connectivity index is 3.25. The average molecular weight is 209 g/mol. The Morgan fingerprint density at radius 2 is 1.64 bits per heavy atom. The van der Waals surface area contributed by atoms with Crippen LogP contribution in [-0.4, -0.2) is 16.2 Å². The Bertz CT molecular complexity index is 254. The van der Waals surface area contributed by atoms with Crippen LogP contribution in [0.2, 0.25) is 10.3 Å². The minimum absolute atomic E-state index is 0.426. The van der Waals surface area contributed by atoms with Crippen LogP contribution in [0.15, 0.2) is 4.90 Å². The molecule has 0 aliphatic carbocycles. The van der Waals surface area contributed by atoms with Gasteiger partial charge in [-0.05, 0) is 13.2 Å². The highest BCUT2D eigenvalue weighted by Crippen LogP contribution is 2.29. The molecule has 5 heteroatoms. The van der Waals surface area contributed by atoms with Crippen molar-refractivity contribution in [3.05, 3.63) is 16.1 Å². The minimum atomic E-state index is 0.426. The molecular formula is C6H6Cl2N2S. The molecule has 1 aromatic rings. The Labute approximate surface area is 79.3 Å². The van der Waals surface area contributed by atoms with Crippen LogP contribution in [-0.2, 0) is 0 Å². The summed E-state index contributed by atoms with van der Waals surface area (Å²) in [5.74, 6) is 0.595. The van der Waals surface area contributed by atoms with E-state index in [-0.39, 0.29) is 0 Å². The predicted molar refractivity (Wildman–Crippen MR) is 48.6 cm³/mol. The van der Waals surface area contributed by atoms with Gasteiger partial charge in [-0.2, -0.15) is 0 Å². The fraction of sp³-hybridized carbons (Fsp3) is 0.333. The van der Waals surface area contributed by atoms with Crippen LogP contribution in [0.3, 0.4) is 0 Å². The van der Waals surface area contributed by atoms with Crippen molar-refractivity contribution in [1.29, 1.82) is 0 Å². The molecule has 0 atom stereocenters. The normalized spacial score (nSPS) is 10.2. The van der Waals surface area contributed by atoms with Gasteiger partial charge in [0.2, 0.25) is 0 Å². The fourth-order valence-corrected chi connectivity index (χ4v) is 2.03. The highest BCUT2D eigenvalue weighted by atomic mass is 35.5. The summed E-state index contributed by atoms with van der Waals surface area (Å²) in [5.41, 5.74) is 0. The number of halogens is 2. The van der Waals surface area contributed by atoms with Crippen molar-refractivity contribution in [3.8, 4) is 0 Å². The maximum Gasteiger partial charge on any atom is 0.147 e. The number of hydrogen-bond donors (Lipinski definition) is 0. The van der Waals surface area contributed by atoms with E-state index in [9.17, 15) is 0 Å². The summed E-state index contributed by atoms with van der Waals surface area (Å²) in [6, 6.07) is 0. The summed E-state index contributed by atoms with van der Waals surface area (Å²) in [5, 5.41) is 0.852. The zero-order chi connectivity index (χ0) is 8.43. The lowest BCUT2D eigenvalue weighted by molar-refractivity contribution is 1.01. The van der Waals surface area contributed by atoms with Gasteiger partial charge in [0.25, 0.3) is 0 Å². The van der Waals surface area contributed by atoms with Crippen molar-refractivity contribution < 1.29 is 0 Å². The number of rotatable bonds is 1. The van der Waals surface area contributed by atoms with Gasteiger partial charge in [-0.25, -0.2) is 9.97 Å². The minimum Gasteiger partial charge on any atom is -0.220 e. The van der Waals surface area contributed by atoms with Gasteiger partial charge in [0.05, 0.1) is 4.90 Å². The first kappa shape index (κ1) is 9.10. The van der Waals surface area contributed by atoms with Gasteiger partial charge in [-0.1, -0.05) is 23.2 Å². The second-order valence-corrected chi connectivity index (χ2v) is 3.42. The van der Waals surface area contributed by atoms with Gasteiger partial charge in [-0.3, -0.25) is 0 Å². The molecule has 1 rings (SSSR count). The third-order valence-electron chi connectivity index (χ3n) is 1.10. The van der Waals surface area contributed by atoms with E-state index < -0.39 is 0 Å². The molecule has 0 radical (unpaired) electrons. The summed E-state index contributed by atoms with van der Waals surface area (Å²) in [6.07, 6.45) is 1.88. The van der Waals surface area contributed by atoms with Crippen LogP contribution in [0.25, 0.3) is 0 Å². The largest absolute Gasteiger partial charge is 0.220 e. The van der Waals surface area contributed by atoms with Crippen LogP contribution in [0.5, 0.6) is 0 Å². The monoisotopic (exact) mass is 208 g/mol. The second-order valence-electron chi connectivity index (χ2n) is 1.89. The van der Waals surface area contributed by atoms with Gasteiger partial charge in [-0.15, -0.1) is 11.8 Å².